The first kappa shape index (κ1) is 14.3. The lowest BCUT2D eigenvalue weighted by molar-refractivity contribution is -0.0113. The first-order chi connectivity index (χ1) is 9.08. The summed E-state index contributed by atoms with van der Waals surface area (Å²) in [7, 11) is 0. The molecule has 1 heterocycles. The van der Waals surface area contributed by atoms with Gasteiger partial charge in [-0.15, -0.1) is 0 Å². The molecule has 0 bridgehead atoms. The van der Waals surface area contributed by atoms with Crippen LogP contribution in [0.15, 0.2) is 12.1 Å². The summed E-state index contributed by atoms with van der Waals surface area (Å²) in [6, 6.07) is 3.96. The van der Waals surface area contributed by atoms with Crippen molar-refractivity contribution in [1.82, 2.24) is 0 Å². The summed E-state index contributed by atoms with van der Waals surface area (Å²) in [6.45, 7) is 5.51. The summed E-state index contributed by atoms with van der Waals surface area (Å²) >= 11 is 5.01. The van der Waals surface area contributed by atoms with Gasteiger partial charge in [0.1, 0.15) is 17.3 Å². The zero-order chi connectivity index (χ0) is 13.8. The van der Waals surface area contributed by atoms with Crippen LogP contribution < -0.4 is 10.5 Å². The Morgan fingerprint density at radius 1 is 1.37 bits per heavy atom. The minimum Gasteiger partial charge on any atom is -0.490 e. The number of thiocarbonyl (C=S) groups is 1. The molecule has 0 radical (unpaired) electrons. The minimum absolute atomic E-state index is 0.225. The number of ether oxygens (including phenoxy) is 2. The third-order valence-corrected chi connectivity index (χ3v) is 3.67. The van der Waals surface area contributed by atoms with Gasteiger partial charge >= 0.3 is 0 Å². The summed E-state index contributed by atoms with van der Waals surface area (Å²) < 4.78 is 11.6. The maximum absolute atomic E-state index is 5.93. The Morgan fingerprint density at radius 2 is 2.05 bits per heavy atom. The Hall–Kier alpha value is -1.13. The maximum atomic E-state index is 5.93. The minimum atomic E-state index is 0.225. The second-order valence-electron chi connectivity index (χ2n) is 5.10. The van der Waals surface area contributed by atoms with Gasteiger partial charge in [-0.25, -0.2) is 0 Å². The molecule has 1 aliphatic heterocycles. The van der Waals surface area contributed by atoms with Crippen LogP contribution in [0.3, 0.4) is 0 Å². The van der Waals surface area contributed by atoms with E-state index in [9.17, 15) is 0 Å². The molecule has 1 aromatic rings. The van der Waals surface area contributed by atoms with Gasteiger partial charge in [-0.2, -0.15) is 0 Å². The van der Waals surface area contributed by atoms with Crippen molar-refractivity contribution in [1.29, 1.82) is 0 Å². The van der Waals surface area contributed by atoms with E-state index in [2.05, 4.69) is 0 Å². The van der Waals surface area contributed by atoms with Crippen LogP contribution in [0, 0.1) is 13.8 Å². The average Bonchev–Trinajstić information content (AvgIpc) is 2.38. The fourth-order valence-corrected chi connectivity index (χ4v) is 2.55. The molecule has 19 heavy (non-hydrogen) atoms. The first-order valence-corrected chi connectivity index (χ1v) is 7.14. The summed E-state index contributed by atoms with van der Waals surface area (Å²) in [4.78, 5) is 0.424. The average molecular weight is 279 g/mol. The lowest BCUT2D eigenvalue weighted by Crippen LogP contribution is -2.26. The highest BCUT2D eigenvalue weighted by Crippen LogP contribution is 2.26. The van der Waals surface area contributed by atoms with Crippen LogP contribution in [-0.4, -0.2) is 24.3 Å². The van der Waals surface area contributed by atoms with Crippen molar-refractivity contribution < 1.29 is 9.47 Å². The number of aryl methyl sites for hydroxylation is 2. The van der Waals surface area contributed by atoms with Gasteiger partial charge in [-0.05, 0) is 56.4 Å². The number of benzene rings is 1. The molecule has 0 saturated carbocycles. The molecule has 2 rings (SSSR count). The Bertz CT molecular complexity index is 444. The van der Waals surface area contributed by atoms with Gasteiger partial charge < -0.3 is 15.2 Å². The number of hydrogen-bond acceptors (Lipinski definition) is 3. The van der Waals surface area contributed by atoms with Gasteiger partial charge in [-0.1, -0.05) is 12.2 Å². The molecule has 4 heteroatoms. The van der Waals surface area contributed by atoms with Gasteiger partial charge in [-0.3, -0.25) is 0 Å². The van der Waals surface area contributed by atoms with E-state index < -0.39 is 0 Å². The number of rotatable bonds is 4. The highest BCUT2D eigenvalue weighted by Gasteiger charge is 2.16. The standard InChI is InChI=1S/C15H21NO2S/c1-10-7-12(15(16)19)8-11(2)14(10)18-9-13-5-3-4-6-17-13/h7-8,13H,3-6,9H2,1-2H3,(H2,16,19). The van der Waals surface area contributed by atoms with E-state index in [4.69, 9.17) is 27.4 Å². The van der Waals surface area contributed by atoms with E-state index in [1.807, 2.05) is 26.0 Å². The Morgan fingerprint density at radius 3 is 2.58 bits per heavy atom. The molecular weight excluding hydrogens is 258 g/mol. The normalized spacial score (nSPS) is 19.2. The van der Waals surface area contributed by atoms with Crippen molar-refractivity contribution >= 4 is 17.2 Å². The van der Waals surface area contributed by atoms with Crippen LogP contribution in [-0.2, 0) is 4.74 Å². The fraction of sp³-hybridized carbons (Fsp3) is 0.533. The van der Waals surface area contributed by atoms with Crippen molar-refractivity contribution in [2.45, 2.75) is 39.2 Å². The molecule has 1 unspecified atom stereocenters. The van der Waals surface area contributed by atoms with Crippen LogP contribution >= 0.6 is 12.2 Å². The van der Waals surface area contributed by atoms with Crippen molar-refractivity contribution in [3.05, 3.63) is 28.8 Å². The molecule has 104 valence electrons. The van der Waals surface area contributed by atoms with Crippen molar-refractivity contribution in [3.63, 3.8) is 0 Å². The zero-order valence-electron chi connectivity index (χ0n) is 11.6. The van der Waals surface area contributed by atoms with E-state index in [-0.39, 0.29) is 6.10 Å². The van der Waals surface area contributed by atoms with E-state index >= 15 is 0 Å². The molecule has 0 aromatic heterocycles. The lowest BCUT2D eigenvalue weighted by atomic mass is 10.1. The summed E-state index contributed by atoms with van der Waals surface area (Å²) in [6.07, 6.45) is 3.70. The SMILES string of the molecule is Cc1cc(C(N)=S)cc(C)c1OCC1CCCCO1. The third-order valence-electron chi connectivity index (χ3n) is 3.43. The molecule has 0 spiro atoms. The van der Waals surface area contributed by atoms with Crippen LogP contribution in [0.4, 0.5) is 0 Å². The molecule has 1 saturated heterocycles. The van der Waals surface area contributed by atoms with Gasteiger partial charge in [0, 0.05) is 12.2 Å². The van der Waals surface area contributed by atoms with Gasteiger partial charge in [0.25, 0.3) is 0 Å². The summed E-state index contributed by atoms with van der Waals surface area (Å²) in [5.74, 6) is 0.925. The molecule has 3 nitrogen and oxygen atoms in total. The molecule has 0 aliphatic carbocycles. The van der Waals surface area contributed by atoms with Crippen LogP contribution in [0.5, 0.6) is 5.75 Å². The van der Waals surface area contributed by atoms with E-state index in [1.54, 1.807) is 0 Å². The van der Waals surface area contributed by atoms with Crippen LogP contribution in [0.2, 0.25) is 0 Å². The number of nitrogens with two attached hydrogens (primary N) is 1. The highest BCUT2D eigenvalue weighted by atomic mass is 32.1. The lowest BCUT2D eigenvalue weighted by Gasteiger charge is -2.23. The van der Waals surface area contributed by atoms with Gasteiger partial charge in [0.15, 0.2) is 0 Å². The van der Waals surface area contributed by atoms with Crippen molar-refractivity contribution in [2.75, 3.05) is 13.2 Å². The summed E-state index contributed by atoms with van der Waals surface area (Å²) in [5, 5.41) is 0. The fourth-order valence-electron chi connectivity index (χ4n) is 2.44. The number of hydrogen-bond donors (Lipinski definition) is 1. The highest BCUT2D eigenvalue weighted by molar-refractivity contribution is 7.80. The topological polar surface area (TPSA) is 44.5 Å². The van der Waals surface area contributed by atoms with E-state index in [0.717, 1.165) is 41.9 Å². The largest absolute Gasteiger partial charge is 0.490 e. The van der Waals surface area contributed by atoms with Crippen molar-refractivity contribution in [2.24, 2.45) is 5.73 Å². The van der Waals surface area contributed by atoms with Crippen LogP contribution in [0.1, 0.15) is 36.0 Å². The molecule has 1 atom stereocenters. The van der Waals surface area contributed by atoms with E-state index in [0.29, 0.717) is 11.6 Å². The van der Waals surface area contributed by atoms with Gasteiger partial charge in [0.2, 0.25) is 0 Å². The molecule has 0 amide bonds. The quantitative estimate of drug-likeness (QED) is 0.861. The molecule has 1 aliphatic rings. The molecular formula is C15H21NO2S. The predicted molar refractivity (Wildman–Crippen MR) is 80.9 cm³/mol. The predicted octanol–water partition coefficient (Wildman–Crippen LogP) is 2.89. The maximum Gasteiger partial charge on any atom is 0.125 e. The van der Waals surface area contributed by atoms with Gasteiger partial charge in [0.05, 0.1) is 6.10 Å². The second-order valence-corrected chi connectivity index (χ2v) is 5.54. The smallest absolute Gasteiger partial charge is 0.125 e. The molecule has 1 fully saturated rings. The zero-order valence-corrected chi connectivity index (χ0v) is 12.4. The van der Waals surface area contributed by atoms with E-state index in [1.165, 1.54) is 6.42 Å². The second kappa shape index (κ2) is 6.35. The third kappa shape index (κ3) is 3.67. The monoisotopic (exact) mass is 279 g/mol. The summed E-state index contributed by atoms with van der Waals surface area (Å²) in [5.41, 5.74) is 8.69. The first-order valence-electron chi connectivity index (χ1n) is 6.73. The van der Waals surface area contributed by atoms with Crippen LogP contribution in [0.25, 0.3) is 0 Å². The molecule has 2 N–H and O–H groups in total. The Balaban J connectivity index is 2.05. The Kier molecular flexibility index (Phi) is 4.77. The Labute approximate surface area is 120 Å². The molecule has 1 aromatic carbocycles. The van der Waals surface area contributed by atoms with Crippen molar-refractivity contribution in [3.8, 4) is 5.75 Å².